The van der Waals surface area contributed by atoms with E-state index >= 15 is 0 Å². The molecule has 4 nitrogen and oxygen atoms in total. The Hall–Kier alpha value is -1.69. The average Bonchev–Trinajstić information content (AvgIpc) is 2.64. The summed E-state index contributed by atoms with van der Waals surface area (Å²) in [6.45, 7) is 3.47. The third-order valence-electron chi connectivity index (χ3n) is 4.16. The van der Waals surface area contributed by atoms with E-state index in [-0.39, 0.29) is 0 Å². The quantitative estimate of drug-likeness (QED) is 0.771. The van der Waals surface area contributed by atoms with Gasteiger partial charge in [-0.1, -0.05) is 29.3 Å². The van der Waals surface area contributed by atoms with Gasteiger partial charge < -0.3 is 19.9 Å². The Labute approximate surface area is 163 Å². The summed E-state index contributed by atoms with van der Waals surface area (Å²) in [5.41, 5.74) is 1.94. The molecule has 25 heavy (non-hydrogen) atoms. The molecule has 2 aromatic rings. The minimum absolute atomic E-state index is 0.560. The highest BCUT2D eigenvalue weighted by molar-refractivity contribution is 7.80. The van der Waals surface area contributed by atoms with E-state index in [0.29, 0.717) is 15.2 Å². The Morgan fingerprint density at radius 2 is 1.84 bits per heavy atom. The van der Waals surface area contributed by atoms with E-state index in [9.17, 15) is 0 Å². The summed E-state index contributed by atoms with van der Waals surface area (Å²) in [6.07, 6.45) is 0. The molecule has 0 amide bonds. The molecule has 0 spiro atoms. The Bertz CT molecular complexity index is 764. The van der Waals surface area contributed by atoms with Crippen LogP contribution >= 0.6 is 35.4 Å². The van der Waals surface area contributed by atoms with Crippen molar-refractivity contribution in [3.8, 4) is 5.75 Å². The van der Waals surface area contributed by atoms with Crippen LogP contribution in [-0.2, 0) is 0 Å². The molecule has 7 heteroatoms. The SMILES string of the molecule is COc1cccc(N2CCN(C(=S)Nc3ccc(Cl)cc3Cl)CC2)c1. The number of hydrogen-bond acceptors (Lipinski definition) is 3. The van der Waals surface area contributed by atoms with Gasteiger partial charge in [0.15, 0.2) is 5.11 Å². The lowest BCUT2D eigenvalue weighted by Crippen LogP contribution is -2.50. The van der Waals surface area contributed by atoms with Crippen LogP contribution in [-0.4, -0.2) is 43.3 Å². The normalized spacial score (nSPS) is 14.4. The molecule has 1 heterocycles. The van der Waals surface area contributed by atoms with Gasteiger partial charge in [-0.25, -0.2) is 0 Å². The summed E-state index contributed by atoms with van der Waals surface area (Å²) >= 11 is 17.7. The Kier molecular flexibility index (Phi) is 5.89. The minimum atomic E-state index is 0.560. The van der Waals surface area contributed by atoms with Crippen molar-refractivity contribution in [1.82, 2.24) is 4.90 Å². The number of ether oxygens (including phenoxy) is 1. The van der Waals surface area contributed by atoms with E-state index in [1.165, 1.54) is 5.69 Å². The molecule has 0 saturated carbocycles. The lowest BCUT2D eigenvalue weighted by atomic mass is 10.2. The number of nitrogens with zero attached hydrogens (tertiary/aromatic N) is 2. The largest absolute Gasteiger partial charge is 0.497 e. The van der Waals surface area contributed by atoms with Gasteiger partial charge in [-0.2, -0.15) is 0 Å². The van der Waals surface area contributed by atoms with Gasteiger partial charge in [0.1, 0.15) is 5.75 Å². The topological polar surface area (TPSA) is 27.7 Å². The van der Waals surface area contributed by atoms with Gasteiger partial charge in [-0.15, -0.1) is 0 Å². The molecule has 0 bridgehead atoms. The standard InChI is InChI=1S/C18H19Cl2N3OS/c1-24-15-4-2-3-14(12-15)22-7-9-23(10-8-22)18(25)21-17-6-5-13(19)11-16(17)20/h2-6,11-12H,7-10H2,1H3,(H,21,25). The molecular formula is C18H19Cl2N3OS. The number of anilines is 2. The Morgan fingerprint density at radius 3 is 2.52 bits per heavy atom. The fourth-order valence-corrected chi connectivity index (χ4v) is 3.51. The first-order valence-corrected chi connectivity index (χ1v) is 9.13. The summed E-state index contributed by atoms with van der Waals surface area (Å²) in [5.74, 6) is 0.870. The predicted molar refractivity (Wildman–Crippen MR) is 109 cm³/mol. The van der Waals surface area contributed by atoms with Crippen LogP contribution in [0.2, 0.25) is 10.0 Å². The third-order valence-corrected chi connectivity index (χ3v) is 5.07. The molecular weight excluding hydrogens is 377 g/mol. The van der Waals surface area contributed by atoms with Crippen molar-refractivity contribution in [2.45, 2.75) is 0 Å². The summed E-state index contributed by atoms with van der Waals surface area (Å²) in [6, 6.07) is 13.4. The molecule has 0 radical (unpaired) electrons. The maximum atomic E-state index is 6.20. The molecule has 1 aliphatic rings. The first-order valence-electron chi connectivity index (χ1n) is 7.97. The summed E-state index contributed by atoms with van der Waals surface area (Å²) < 4.78 is 5.30. The van der Waals surface area contributed by atoms with Crippen LogP contribution in [0.1, 0.15) is 0 Å². The van der Waals surface area contributed by atoms with Crippen LogP contribution < -0.4 is 15.0 Å². The monoisotopic (exact) mass is 395 g/mol. The van der Waals surface area contributed by atoms with Gasteiger partial charge in [0.25, 0.3) is 0 Å². The van der Waals surface area contributed by atoms with E-state index in [1.807, 2.05) is 18.2 Å². The zero-order valence-electron chi connectivity index (χ0n) is 13.8. The van der Waals surface area contributed by atoms with Crippen LogP contribution in [0.3, 0.4) is 0 Å². The van der Waals surface area contributed by atoms with Gasteiger partial charge in [-0.05, 0) is 42.5 Å². The van der Waals surface area contributed by atoms with Crippen LogP contribution in [0.25, 0.3) is 0 Å². The molecule has 2 aromatic carbocycles. The van der Waals surface area contributed by atoms with Gasteiger partial charge in [0.2, 0.25) is 0 Å². The predicted octanol–water partition coefficient (Wildman–Crippen LogP) is 4.52. The second kappa shape index (κ2) is 8.13. The minimum Gasteiger partial charge on any atom is -0.497 e. The number of methoxy groups -OCH3 is 1. The van der Waals surface area contributed by atoms with Crippen molar-refractivity contribution >= 4 is 51.9 Å². The molecule has 0 unspecified atom stereocenters. The molecule has 0 atom stereocenters. The number of piperazine rings is 1. The molecule has 1 aliphatic heterocycles. The van der Waals surface area contributed by atoms with Crippen LogP contribution in [0.4, 0.5) is 11.4 Å². The molecule has 1 saturated heterocycles. The van der Waals surface area contributed by atoms with Crippen LogP contribution in [0, 0.1) is 0 Å². The molecule has 1 fully saturated rings. The number of benzene rings is 2. The maximum Gasteiger partial charge on any atom is 0.173 e. The fraction of sp³-hybridized carbons (Fsp3) is 0.278. The van der Waals surface area contributed by atoms with Gasteiger partial charge in [0.05, 0.1) is 17.8 Å². The summed E-state index contributed by atoms with van der Waals surface area (Å²) in [4.78, 5) is 4.48. The lowest BCUT2D eigenvalue weighted by molar-refractivity contribution is 0.389. The number of rotatable bonds is 3. The van der Waals surface area contributed by atoms with Crippen molar-refractivity contribution in [2.75, 3.05) is 43.5 Å². The number of nitrogens with one attached hydrogen (secondary N) is 1. The van der Waals surface area contributed by atoms with E-state index in [1.54, 1.807) is 19.2 Å². The van der Waals surface area contributed by atoms with E-state index < -0.39 is 0 Å². The lowest BCUT2D eigenvalue weighted by Gasteiger charge is -2.37. The number of hydrogen-bond donors (Lipinski definition) is 1. The van der Waals surface area contributed by atoms with Gasteiger partial charge >= 0.3 is 0 Å². The zero-order valence-corrected chi connectivity index (χ0v) is 16.2. The van der Waals surface area contributed by atoms with Crippen molar-refractivity contribution in [2.24, 2.45) is 0 Å². The van der Waals surface area contributed by atoms with Crippen molar-refractivity contribution in [3.05, 3.63) is 52.5 Å². The Balaban J connectivity index is 1.58. The van der Waals surface area contributed by atoms with Crippen LogP contribution in [0.5, 0.6) is 5.75 Å². The number of thiocarbonyl (C=S) groups is 1. The van der Waals surface area contributed by atoms with Gasteiger partial charge in [-0.3, -0.25) is 0 Å². The summed E-state index contributed by atoms with van der Waals surface area (Å²) in [5, 5.41) is 5.05. The maximum absolute atomic E-state index is 6.20. The fourth-order valence-electron chi connectivity index (χ4n) is 2.76. The summed E-state index contributed by atoms with van der Waals surface area (Å²) in [7, 11) is 1.68. The van der Waals surface area contributed by atoms with Crippen LogP contribution in [0.15, 0.2) is 42.5 Å². The van der Waals surface area contributed by atoms with Gasteiger partial charge in [0, 0.05) is 43.0 Å². The highest BCUT2D eigenvalue weighted by Crippen LogP contribution is 2.26. The molecule has 0 aromatic heterocycles. The molecule has 132 valence electrons. The molecule has 1 N–H and O–H groups in total. The second-order valence-corrected chi connectivity index (χ2v) is 6.96. The molecule has 3 rings (SSSR count). The van der Waals surface area contributed by atoms with Crippen molar-refractivity contribution < 1.29 is 4.74 Å². The highest BCUT2D eigenvalue weighted by atomic mass is 35.5. The van der Waals surface area contributed by atoms with Crippen molar-refractivity contribution in [1.29, 1.82) is 0 Å². The van der Waals surface area contributed by atoms with Crippen molar-refractivity contribution in [3.63, 3.8) is 0 Å². The van der Waals surface area contributed by atoms with E-state index in [0.717, 1.165) is 37.6 Å². The zero-order chi connectivity index (χ0) is 17.8. The second-order valence-electron chi connectivity index (χ2n) is 5.73. The first kappa shape index (κ1) is 18.1. The van der Waals surface area contributed by atoms with E-state index in [4.69, 9.17) is 40.2 Å². The smallest absolute Gasteiger partial charge is 0.173 e. The van der Waals surface area contributed by atoms with E-state index in [2.05, 4.69) is 27.2 Å². The first-order chi connectivity index (χ1) is 12.1. The molecule has 0 aliphatic carbocycles. The third kappa shape index (κ3) is 4.48. The average molecular weight is 396 g/mol. The highest BCUT2D eigenvalue weighted by Gasteiger charge is 2.20. The number of halogens is 2. The Morgan fingerprint density at radius 1 is 1.08 bits per heavy atom.